The van der Waals surface area contributed by atoms with Gasteiger partial charge in [0.15, 0.2) is 11.5 Å². The molecule has 0 aliphatic heterocycles. The minimum Gasteiger partial charge on any atom is -0.490 e. The predicted octanol–water partition coefficient (Wildman–Crippen LogP) is 3.76. The second-order valence-corrected chi connectivity index (χ2v) is 6.57. The fraction of sp³-hybridized carbons (Fsp3) is 0.300. The van der Waals surface area contributed by atoms with Crippen LogP contribution in [0.1, 0.15) is 24.2 Å². The van der Waals surface area contributed by atoms with Crippen molar-refractivity contribution in [2.75, 3.05) is 32.1 Å². The Morgan fingerprint density at radius 2 is 1.77 bits per heavy atom. The fourth-order valence-corrected chi connectivity index (χ4v) is 2.87. The molecule has 0 atom stereocenters. The molecule has 0 fully saturated rings. The molecule has 9 nitrogen and oxygen atoms in total. The van der Waals surface area contributed by atoms with Gasteiger partial charge in [-0.2, -0.15) is 0 Å². The number of nitro groups is 1. The van der Waals surface area contributed by atoms with E-state index in [-0.39, 0.29) is 22.8 Å². The number of rotatable bonds is 9. The van der Waals surface area contributed by atoms with Gasteiger partial charge in [-0.1, -0.05) is 11.6 Å². The van der Waals surface area contributed by atoms with Crippen molar-refractivity contribution in [3.63, 3.8) is 0 Å². The van der Waals surface area contributed by atoms with Gasteiger partial charge in [-0.05, 0) is 32.0 Å². The molecule has 0 heterocycles. The van der Waals surface area contributed by atoms with E-state index in [1.807, 2.05) is 13.8 Å². The van der Waals surface area contributed by atoms with Crippen molar-refractivity contribution < 1.29 is 24.0 Å². The summed E-state index contributed by atoms with van der Waals surface area (Å²) in [4.78, 5) is 36.3. The number of hydrogen-bond donors (Lipinski definition) is 1. The number of amides is 2. The van der Waals surface area contributed by atoms with Crippen LogP contribution in [-0.4, -0.2) is 48.4 Å². The summed E-state index contributed by atoms with van der Waals surface area (Å²) < 4.78 is 11.0. The Balaban J connectivity index is 2.06. The number of nitrogens with zero attached hydrogens (tertiary/aromatic N) is 2. The van der Waals surface area contributed by atoms with Gasteiger partial charge in [-0.3, -0.25) is 19.7 Å². The van der Waals surface area contributed by atoms with Gasteiger partial charge in [0.2, 0.25) is 5.91 Å². The highest BCUT2D eigenvalue weighted by Gasteiger charge is 2.20. The number of non-ortho nitro benzene ring substituents is 1. The van der Waals surface area contributed by atoms with Crippen molar-refractivity contribution in [3.05, 3.63) is 57.1 Å². The molecule has 0 saturated heterocycles. The normalized spacial score (nSPS) is 10.3. The van der Waals surface area contributed by atoms with Gasteiger partial charge in [0.05, 0.1) is 35.3 Å². The highest BCUT2D eigenvalue weighted by molar-refractivity contribution is 6.34. The van der Waals surface area contributed by atoms with Crippen LogP contribution in [0.4, 0.5) is 11.4 Å². The van der Waals surface area contributed by atoms with E-state index < -0.39 is 16.7 Å². The highest BCUT2D eigenvalue weighted by atomic mass is 35.5. The molecule has 2 amide bonds. The maximum atomic E-state index is 12.5. The largest absolute Gasteiger partial charge is 0.490 e. The monoisotopic (exact) mass is 435 g/mol. The van der Waals surface area contributed by atoms with Crippen LogP contribution in [0.3, 0.4) is 0 Å². The van der Waals surface area contributed by atoms with Gasteiger partial charge in [0.25, 0.3) is 11.6 Å². The van der Waals surface area contributed by atoms with E-state index in [2.05, 4.69) is 5.32 Å². The summed E-state index contributed by atoms with van der Waals surface area (Å²) in [5.41, 5.74) is 0.330. The third kappa shape index (κ3) is 5.84. The van der Waals surface area contributed by atoms with Crippen molar-refractivity contribution >= 4 is 34.8 Å². The summed E-state index contributed by atoms with van der Waals surface area (Å²) >= 11 is 5.99. The average Bonchev–Trinajstić information content (AvgIpc) is 2.69. The lowest BCUT2D eigenvalue weighted by Crippen LogP contribution is -2.35. The van der Waals surface area contributed by atoms with Crippen LogP contribution in [0.2, 0.25) is 5.02 Å². The van der Waals surface area contributed by atoms with Gasteiger partial charge in [-0.25, -0.2) is 0 Å². The Labute approximate surface area is 178 Å². The van der Waals surface area contributed by atoms with E-state index in [0.717, 1.165) is 6.07 Å². The molecule has 0 spiro atoms. The molecule has 0 saturated carbocycles. The zero-order valence-corrected chi connectivity index (χ0v) is 17.6. The fourth-order valence-electron chi connectivity index (χ4n) is 2.61. The number of carbonyl (C=O) groups is 2. The van der Waals surface area contributed by atoms with Crippen molar-refractivity contribution in [2.24, 2.45) is 0 Å². The summed E-state index contributed by atoms with van der Waals surface area (Å²) in [6, 6.07) is 8.54. The molecule has 1 N–H and O–H groups in total. The van der Waals surface area contributed by atoms with E-state index in [9.17, 15) is 19.7 Å². The summed E-state index contributed by atoms with van der Waals surface area (Å²) in [6.45, 7) is 4.36. The smallest absolute Gasteiger partial charge is 0.270 e. The second kappa shape index (κ2) is 10.4. The summed E-state index contributed by atoms with van der Waals surface area (Å²) in [5.74, 6) is 0.0962. The molecule has 0 unspecified atom stereocenters. The maximum absolute atomic E-state index is 12.5. The molecule has 10 heteroatoms. The number of anilines is 1. The first-order chi connectivity index (χ1) is 14.3. The molecule has 2 aromatic carbocycles. The topological polar surface area (TPSA) is 111 Å². The van der Waals surface area contributed by atoms with Crippen LogP contribution in [0.5, 0.6) is 11.5 Å². The van der Waals surface area contributed by atoms with Gasteiger partial charge < -0.3 is 19.7 Å². The number of carbonyl (C=O) groups excluding carboxylic acids is 2. The first-order valence-corrected chi connectivity index (χ1v) is 9.53. The zero-order valence-electron chi connectivity index (χ0n) is 16.8. The van der Waals surface area contributed by atoms with E-state index in [4.69, 9.17) is 21.1 Å². The SMILES string of the molecule is CCOc1ccc(NC(=O)CN(C)C(=O)c2ccc([N+](=O)[O-])cc2Cl)cc1OCC. The van der Waals surface area contributed by atoms with Crippen LogP contribution in [0.15, 0.2) is 36.4 Å². The Hall–Kier alpha value is -3.33. The second-order valence-electron chi connectivity index (χ2n) is 6.16. The molecular formula is C20H22ClN3O6. The molecule has 160 valence electrons. The number of likely N-dealkylation sites (N-methyl/N-ethyl adjacent to an activating group) is 1. The summed E-state index contributed by atoms with van der Waals surface area (Å²) in [7, 11) is 1.43. The average molecular weight is 436 g/mol. The maximum Gasteiger partial charge on any atom is 0.270 e. The Bertz CT molecular complexity index is 950. The number of ether oxygens (including phenoxy) is 2. The van der Waals surface area contributed by atoms with Crippen molar-refractivity contribution in [1.29, 1.82) is 0 Å². The molecule has 0 radical (unpaired) electrons. The van der Waals surface area contributed by atoms with E-state index in [1.165, 1.54) is 24.1 Å². The number of halogens is 1. The lowest BCUT2D eigenvalue weighted by Gasteiger charge is -2.18. The Morgan fingerprint density at radius 1 is 1.10 bits per heavy atom. The Morgan fingerprint density at radius 3 is 2.37 bits per heavy atom. The number of benzene rings is 2. The van der Waals surface area contributed by atoms with E-state index in [0.29, 0.717) is 30.4 Å². The number of nitrogens with one attached hydrogen (secondary N) is 1. The Kier molecular flexibility index (Phi) is 7.99. The minimum absolute atomic E-state index is 0.0608. The molecule has 0 aliphatic rings. The molecular weight excluding hydrogens is 414 g/mol. The summed E-state index contributed by atoms with van der Waals surface area (Å²) in [6.07, 6.45) is 0. The quantitative estimate of drug-likeness (QED) is 0.474. The minimum atomic E-state index is -0.607. The summed E-state index contributed by atoms with van der Waals surface area (Å²) in [5, 5.41) is 13.4. The van der Waals surface area contributed by atoms with Crippen LogP contribution < -0.4 is 14.8 Å². The molecule has 2 rings (SSSR count). The van der Waals surface area contributed by atoms with Crippen molar-refractivity contribution in [2.45, 2.75) is 13.8 Å². The standard InChI is InChI=1S/C20H22ClN3O6/c1-4-29-17-9-6-13(10-18(17)30-5-2)22-19(25)12-23(3)20(26)15-8-7-14(24(27)28)11-16(15)21/h6-11H,4-5,12H2,1-3H3,(H,22,25). The van der Waals surface area contributed by atoms with Crippen LogP contribution in [0, 0.1) is 10.1 Å². The van der Waals surface area contributed by atoms with Gasteiger partial charge >= 0.3 is 0 Å². The third-order valence-corrected chi connectivity index (χ3v) is 4.26. The van der Waals surface area contributed by atoms with Crippen LogP contribution in [-0.2, 0) is 4.79 Å². The molecule has 0 aromatic heterocycles. The lowest BCUT2D eigenvalue weighted by atomic mass is 10.2. The van der Waals surface area contributed by atoms with Crippen LogP contribution in [0.25, 0.3) is 0 Å². The molecule has 0 bridgehead atoms. The molecule has 0 aliphatic carbocycles. The van der Waals surface area contributed by atoms with Gasteiger partial charge in [0.1, 0.15) is 0 Å². The highest BCUT2D eigenvalue weighted by Crippen LogP contribution is 2.30. The first kappa shape index (κ1) is 23.0. The van der Waals surface area contributed by atoms with E-state index >= 15 is 0 Å². The van der Waals surface area contributed by atoms with Crippen molar-refractivity contribution in [1.82, 2.24) is 4.90 Å². The molecule has 30 heavy (non-hydrogen) atoms. The van der Waals surface area contributed by atoms with Crippen LogP contribution >= 0.6 is 11.6 Å². The predicted molar refractivity (Wildman–Crippen MR) is 112 cm³/mol. The number of nitro benzene ring substituents is 1. The lowest BCUT2D eigenvalue weighted by molar-refractivity contribution is -0.384. The molecule has 2 aromatic rings. The van der Waals surface area contributed by atoms with Gasteiger partial charge in [0, 0.05) is 30.9 Å². The number of hydrogen-bond acceptors (Lipinski definition) is 6. The zero-order chi connectivity index (χ0) is 22.3. The van der Waals surface area contributed by atoms with E-state index in [1.54, 1.807) is 18.2 Å². The first-order valence-electron chi connectivity index (χ1n) is 9.15. The third-order valence-electron chi connectivity index (χ3n) is 3.95. The van der Waals surface area contributed by atoms with Crippen molar-refractivity contribution in [3.8, 4) is 11.5 Å². The van der Waals surface area contributed by atoms with Gasteiger partial charge in [-0.15, -0.1) is 0 Å².